The first-order chi connectivity index (χ1) is 15.6. The van der Waals surface area contributed by atoms with Gasteiger partial charge in [-0.3, -0.25) is 19.3 Å². The lowest BCUT2D eigenvalue weighted by Gasteiger charge is -2.37. The van der Waals surface area contributed by atoms with Crippen molar-refractivity contribution in [2.24, 2.45) is 35.5 Å². The fourth-order valence-electron chi connectivity index (χ4n) is 6.52. The van der Waals surface area contributed by atoms with Gasteiger partial charge in [0, 0.05) is 24.0 Å². The number of carbonyl (C=O) groups is 3. The molecule has 0 spiro atoms. The van der Waals surface area contributed by atoms with Gasteiger partial charge >= 0.3 is 0 Å². The Kier molecular flexibility index (Phi) is 4.67. The number of imide groups is 1. The Hall–Kier alpha value is -2.95. The van der Waals surface area contributed by atoms with Crippen LogP contribution in [0.5, 0.6) is 0 Å². The maximum absolute atomic E-state index is 13.0. The minimum Gasteiger partial charge on any atom is -0.326 e. The van der Waals surface area contributed by atoms with Crippen LogP contribution in [0.4, 0.5) is 5.69 Å². The van der Waals surface area contributed by atoms with E-state index in [1.54, 1.807) is 0 Å². The van der Waals surface area contributed by atoms with Crippen molar-refractivity contribution in [3.05, 3.63) is 54.6 Å². The largest absolute Gasteiger partial charge is 0.326 e. The van der Waals surface area contributed by atoms with E-state index in [4.69, 9.17) is 0 Å². The molecule has 2 aromatic carbocycles. The van der Waals surface area contributed by atoms with Gasteiger partial charge in [0.25, 0.3) is 0 Å². The molecule has 32 heavy (non-hydrogen) atoms. The van der Waals surface area contributed by atoms with E-state index >= 15 is 0 Å². The van der Waals surface area contributed by atoms with Crippen molar-refractivity contribution < 1.29 is 14.4 Å². The first-order valence-corrected chi connectivity index (χ1v) is 11.9. The molecule has 4 aliphatic carbocycles. The monoisotopic (exact) mass is 428 g/mol. The number of benzene rings is 2. The average molecular weight is 429 g/mol. The number of carbonyl (C=O) groups excluding carboxylic acids is 3. The fraction of sp³-hybridized carbons (Fsp3) is 0.444. The van der Waals surface area contributed by atoms with Crippen molar-refractivity contribution in [1.29, 1.82) is 0 Å². The highest BCUT2D eigenvalue weighted by atomic mass is 16.2. The third-order valence-corrected chi connectivity index (χ3v) is 8.10. The standard InChI is InChI=1S/C27H28N2O3/c30-23(28-22-10-6-8-16-7-3-4-9-17(16)22)11-2-1-5-14-29-26(31)24-18-12-13-19(21-15-20(18)21)25(24)27(29)32/h3-4,6-10,12-13,18-21,24-25H,1-2,5,11,14-15H2,(H,28,30). The van der Waals surface area contributed by atoms with Crippen molar-refractivity contribution in [3.63, 3.8) is 0 Å². The number of amides is 3. The molecule has 3 amide bonds. The van der Waals surface area contributed by atoms with Crippen LogP contribution in [0.2, 0.25) is 0 Å². The van der Waals surface area contributed by atoms with Crippen LogP contribution < -0.4 is 5.32 Å². The van der Waals surface area contributed by atoms with E-state index in [1.165, 1.54) is 11.3 Å². The van der Waals surface area contributed by atoms with Crippen molar-refractivity contribution in [1.82, 2.24) is 4.90 Å². The van der Waals surface area contributed by atoms with Gasteiger partial charge in [-0.05, 0) is 54.4 Å². The highest BCUT2D eigenvalue weighted by molar-refractivity contribution is 6.06. The van der Waals surface area contributed by atoms with Crippen LogP contribution >= 0.6 is 0 Å². The molecule has 6 unspecified atom stereocenters. The molecule has 5 heteroatoms. The molecule has 0 radical (unpaired) electrons. The summed E-state index contributed by atoms with van der Waals surface area (Å²) in [6, 6.07) is 13.9. The quantitative estimate of drug-likeness (QED) is 0.404. The number of anilines is 1. The van der Waals surface area contributed by atoms with Crippen molar-refractivity contribution >= 4 is 34.2 Å². The van der Waals surface area contributed by atoms with E-state index in [0.29, 0.717) is 24.8 Å². The molecular formula is C27H28N2O3. The number of hydrogen-bond donors (Lipinski definition) is 1. The first kappa shape index (κ1) is 19.7. The molecule has 2 bridgehead atoms. The van der Waals surface area contributed by atoms with E-state index in [0.717, 1.165) is 35.7 Å². The maximum Gasteiger partial charge on any atom is 0.233 e. The molecule has 3 fully saturated rings. The van der Waals surface area contributed by atoms with Crippen LogP contribution in [0, 0.1) is 35.5 Å². The second-order valence-corrected chi connectivity index (χ2v) is 9.87. The zero-order valence-corrected chi connectivity index (χ0v) is 18.1. The average Bonchev–Trinajstić information content (AvgIpc) is 3.59. The third kappa shape index (κ3) is 3.09. The molecule has 7 rings (SSSR count). The van der Waals surface area contributed by atoms with Crippen LogP contribution in [0.25, 0.3) is 10.8 Å². The Labute approximate surface area is 187 Å². The lowest BCUT2D eigenvalue weighted by atomic mass is 9.63. The summed E-state index contributed by atoms with van der Waals surface area (Å²) in [6.45, 7) is 0.490. The number of fused-ring (bicyclic) bond motifs is 1. The van der Waals surface area contributed by atoms with Crippen LogP contribution in [-0.2, 0) is 14.4 Å². The Balaban J connectivity index is 0.988. The van der Waals surface area contributed by atoms with Crippen LogP contribution in [0.1, 0.15) is 32.1 Å². The summed E-state index contributed by atoms with van der Waals surface area (Å²) in [5, 5.41) is 5.17. The van der Waals surface area contributed by atoms with E-state index < -0.39 is 0 Å². The minimum absolute atomic E-state index is 0.00238. The lowest BCUT2D eigenvalue weighted by Crippen LogP contribution is -2.40. The van der Waals surface area contributed by atoms with Gasteiger partial charge in [0.05, 0.1) is 11.8 Å². The van der Waals surface area contributed by atoms with Gasteiger partial charge in [-0.25, -0.2) is 0 Å². The number of allylic oxidation sites excluding steroid dienone is 2. The molecule has 1 saturated heterocycles. The smallest absolute Gasteiger partial charge is 0.233 e. The molecule has 6 atom stereocenters. The molecule has 0 aromatic heterocycles. The molecule has 1 N–H and O–H groups in total. The molecule has 5 aliphatic rings. The second kappa shape index (κ2) is 7.58. The predicted molar refractivity (Wildman–Crippen MR) is 122 cm³/mol. The van der Waals surface area contributed by atoms with Crippen molar-refractivity contribution in [2.45, 2.75) is 32.1 Å². The number of nitrogens with zero attached hydrogens (tertiary/aromatic N) is 1. The minimum atomic E-state index is -0.104. The third-order valence-electron chi connectivity index (χ3n) is 8.10. The summed E-state index contributed by atoms with van der Waals surface area (Å²) in [4.78, 5) is 39.9. The Morgan fingerprint density at radius 3 is 2.31 bits per heavy atom. The fourth-order valence-corrected chi connectivity index (χ4v) is 6.52. The van der Waals surface area contributed by atoms with Gasteiger partial charge in [0.1, 0.15) is 0 Å². The van der Waals surface area contributed by atoms with Crippen molar-refractivity contribution in [3.8, 4) is 0 Å². The number of rotatable bonds is 7. The topological polar surface area (TPSA) is 66.5 Å². The molecule has 1 heterocycles. The number of hydrogen-bond acceptors (Lipinski definition) is 3. The normalized spacial score (nSPS) is 31.7. The summed E-state index contributed by atoms with van der Waals surface area (Å²) in [5.74, 6) is 1.76. The predicted octanol–water partition coefficient (Wildman–Crippen LogP) is 4.39. The van der Waals surface area contributed by atoms with Crippen molar-refractivity contribution in [2.75, 3.05) is 11.9 Å². The van der Waals surface area contributed by atoms with Gasteiger partial charge in [0.15, 0.2) is 0 Å². The highest BCUT2D eigenvalue weighted by Crippen LogP contribution is 2.65. The van der Waals surface area contributed by atoms with E-state index in [2.05, 4.69) is 17.5 Å². The molecule has 2 aromatic rings. The van der Waals surface area contributed by atoms with Gasteiger partial charge in [-0.15, -0.1) is 0 Å². The Morgan fingerprint density at radius 2 is 1.56 bits per heavy atom. The summed E-state index contributed by atoms with van der Waals surface area (Å²) in [6.07, 6.45) is 8.38. The number of nitrogens with one attached hydrogen (secondary N) is 1. The molecule has 5 nitrogen and oxygen atoms in total. The summed E-state index contributed by atoms with van der Waals surface area (Å²) >= 11 is 0. The molecule has 164 valence electrons. The van der Waals surface area contributed by atoms with Crippen LogP contribution in [0.3, 0.4) is 0 Å². The zero-order valence-electron chi connectivity index (χ0n) is 18.1. The van der Waals surface area contributed by atoms with Gasteiger partial charge in [0.2, 0.25) is 17.7 Å². The van der Waals surface area contributed by atoms with Crippen LogP contribution in [-0.4, -0.2) is 29.2 Å². The Morgan fingerprint density at radius 1 is 0.875 bits per heavy atom. The summed E-state index contributed by atoms with van der Waals surface area (Å²) < 4.78 is 0. The molecule has 2 saturated carbocycles. The molecular weight excluding hydrogens is 400 g/mol. The number of likely N-dealkylation sites (tertiary alicyclic amines) is 1. The summed E-state index contributed by atoms with van der Waals surface area (Å²) in [7, 11) is 0. The first-order valence-electron chi connectivity index (χ1n) is 11.9. The van der Waals surface area contributed by atoms with Gasteiger partial charge in [-0.1, -0.05) is 55.0 Å². The maximum atomic E-state index is 13.0. The van der Waals surface area contributed by atoms with E-state index in [1.807, 2.05) is 42.5 Å². The number of unbranched alkanes of at least 4 members (excludes halogenated alkanes) is 2. The van der Waals surface area contributed by atoms with E-state index in [-0.39, 0.29) is 41.4 Å². The lowest BCUT2D eigenvalue weighted by molar-refractivity contribution is -0.140. The Bertz CT molecular complexity index is 1100. The van der Waals surface area contributed by atoms with Gasteiger partial charge < -0.3 is 5.32 Å². The molecule has 1 aliphatic heterocycles. The second-order valence-electron chi connectivity index (χ2n) is 9.87. The zero-order chi connectivity index (χ0) is 21.8. The van der Waals surface area contributed by atoms with Gasteiger partial charge in [-0.2, -0.15) is 0 Å². The van der Waals surface area contributed by atoms with E-state index in [9.17, 15) is 14.4 Å². The SMILES string of the molecule is O=C(CCCCCN1C(=O)C2C3C=CC(C4CC34)C2C1=O)Nc1cccc2ccccc12. The summed E-state index contributed by atoms with van der Waals surface area (Å²) in [5.41, 5.74) is 0.838. The highest BCUT2D eigenvalue weighted by Gasteiger charge is 2.66. The van der Waals surface area contributed by atoms with Crippen LogP contribution in [0.15, 0.2) is 54.6 Å².